The van der Waals surface area contributed by atoms with Gasteiger partial charge in [0, 0.05) is 6.54 Å². The third kappa shape index (κ3) is 3.52. The number of nitrogens with one attached hydrogen (secondary N) is 1. The molecular weight excluding hydrogens is 278 g/mol. The predicted octanol–water partition coefficient (Wildman–Crippen LogP) is 1.68. The second-order valence-corrected chi connectivity index (χ2v) is 8.26. The van der Waals surface area contributed by atoms with Crippen LogP contribution >= 0.6 is 0 Å². The van der Waals surface area contributed by atoms with Crippen LogP contribution in [0.5, 0.6) is 0 Å². The molecule has 0 bridgehead atoms. The molecule has 4 unspecified atom stereocenters. The summed E-state index contributed by atoms with van der Waals surface area (Å²) in [5.74, 6) is 0.240. The molecular formula is C14H25NO4S. The molecule has 5 nitrogen and oxygen atoms in total. The summed E-state index contributed by atoms with van der Waals surface area (Å²) in [5.41, 5.74) is 0. The van der Waals surface area contributed by atoms with Crippen molar-refractivity contribution in [1.29, 1.82) is 0 Å². The molecule has 0 aromatic heterocycles. The molecule has 2 saturated carbocycles. The lowest BCUT2D eigenvalue weighted by Crippen LogP contribution is -2.41. The van der Waals surface area contributed by atoms with E-state index in [1.807, 2.05) is 0 Å². The van der Waals surface area contributed by atoms with E-state index in [4.69, 9.17) is 4.74 Å². The monoisotopic (exact) mass is 303 g/mol. The largest absolute Gasteiger partial charge is 0.469 e. The maximum Gasteiger partial charge on any atom is 0.310 e. The standard InChI is InChI=1S/C14H25NO4S/c1-10-6-7-11(8-10)9-15-20(17,18)13-5-3-4-12(13)14(16)19-2/h10-13,15H,3-9H2,1-2H3. The fraction of sp³-hybridized carbons (Fsp3) is 0.929. The third-order valence-electron chi connectivity index (χ3n) is 4.73. The number of carbonyl (C=O) groups is 1. The van der Waals surface area contributed by atoms with Gasteiger partial charge in [-0.3, -0.25) is 4.79 Å². The van der Waals surface area contributed by atoms with E-state index in [0.717, 1.165) is 19.3 Å². The van der Waals surface area contributed by atoms with E-state index >= 15 is 0 Å². The fourth-order valence-electron chi connectivity index (χ4n) is 3.57. The van der Waals surface area contributed by atoms with Crippen LogP contribution in [0.15, 0.2) is 0 Å². The summed E-state index contributed by atoms with van der Waals surface area (Å²) in [6, 6.07) is 0. The van der Waals surface area contributed by atoms with Crippen molar-refractivity contribution in [2.24, 2.45) is 17.8 Å². The van der Waals surface area contributed by atoms with E-state index in [9.17, 15) is 13.2 Å². The maximum absolute atomic E-state index is 12.4. The second kappa shape index (κ2) is 6.43. The summed E-state index contributed by atoms with van der Waals surface area (Å²) < 4.78 is 32.2. The van der Waals surface area contributed by atoms with Crippen molar-refractivity contribution in [2.45, 2.75) is 50.7 Å². The molecule has 2 aliphatic carbocycles. The molecule has 20 heavy (non-hydrogen) atoms. The van der Waals surface area contributed by atoms with Crippen molar-refractivity contribution in [1.82, 2.24) is 4.72 Å². The summed E-state index contributed by atoms with van der Waals surface area (Å²) >= 11 is 0. The molecule has 0 spiro atoms. The van der Waals surface area contributed by atoms with E-state index < -0.39 is 27.2 Å². The van der Waals surface area contributed by atoms with Crippen molar-refractivity contribution in [3.63, 3.8) is 0 Å². The van der Waals surface area contributed by atoms with Gasteiger partial charge in [0.2, 0.25) is 10.0 Å². The van der Waals surface area contributed by atoms with Gasteiger partial charge in [0.05, 0.1) is 18.3 Å². The van der Waals surface area contributed by atoms with E-state index in [-0.39, 0.29) is 0 Å². The first-order chi connectivity index (χ1) is 9.44. The fourth-order valence-corrected chi connectivity index (χ4v) is 5.41. The molecule has 4 atom stereocenters. The Kier molecular flexibility index (Phi) is 5.07. The highest BCUT2D eigenvalue weighted by molar-refractivity contribution is 7.90. The number of rotatable bonds is 5. The Morgan fingerprint density at radius 3 is 2.60 bits per heavy atom. The quantitative estimate of drug-likeness (QED) is 0.784. The molecule has 0 aromatic carbocycles. The Bertz CT molecular complexity index is 448. The van der Waals surface area contributed by atoms with Crippen molar-refractivity contribution < 1.29 is 17.9 Å². The van der Waals surface area contributed by atoms with Crippen LogP contribution in [0.4, 0.5) is 0 Å². The molecule has 116 valence electrons. The van der Waals surface area contributed by atoms with Crippen LogP contribution in [0.1, 0.15) is 45.4 Å². The van der Waals surface area contributed by atoms with E-state index in [0.29, 0.717) is 31.2 Å². The average Bonchev–Trinajstić information content (AvgIpc) is 3.04. The smallest absolute Gasteiger partial charge is 0.310 e. The number of sulfonamides is 1. The first-order valence-electron chi connectivity index (χ1n) is 7.50. The third-order valence-corrected chi connectivity index (χ3v) is 6.66. The average molecular weight is 303 g/mol. The summed E-state index contributed by atoms with van der Waals surface area (Å²) in [6.45, 7) is 2.72. The minimum atomic E-state index is -3.42. The zero-order chi connectivity index (χ0) is 14.8. The van der Waals surface area contributed by atoms with Crippen LogP contribution < -0.4 is 4.72 Å². The van der Waals surface area contributed by atoms with Gasteiger partial charge in [0.1, 0.15) is 0 Å². The van der Waals surface area contributed by atoms with E-state index in [1.165, 1.54) is 13.5 Å². The van der Waals surface area contributed by atoms with Gasteiger partial charge in [0.15, 0.2) is 0 Å². The molecule has 0 amide bonds. The topological polar surface area (TPSA) is 72.5 Å². The minimum Gasteiger partial charge on any atom is -0.469 e. The van der Waals surface area contributed by atoms with Crippen LogP contribution in [0.25, 0.3) is 0 Å². The number of esters is 1. The zero-order valence-corrected chi connectivity index (χ0v) is 13.1. The molecule has 0 saturated heterocycles. The first-order valence-corrected chi connectivity index (χ1v) is 9.05. The van der Waals surface area contributed by atoms with E-state index in [1.54, 1.807) is 0 Å². The Balaban J connectivity index is 1.93. The highest BCUT2D eigenvalue weighted by Crippen LogP contribution is 2.33. The van der Waals surface area contributed by atoms with Gasteiger partial charge in [0.25, 0.3) is 0 Å². The van der Waals surface area contributed by atoms with Crippen LogP contribution in [-0.4, -0.2) is 33.3 Å². The lowest BCUT2D eigenvalue weighted by atomic mass is 10.1. The van der Waals surface area contributed by atoms with Crippen molar-refractivity contribution in [3.8, 4) is 0 Å². The van der Waals surface area contributed by atoms with Crippen molar-refractivity contribution in [2.75, 3.05) is 13.7 Å². The highest BCUT2D eigenvalue weighted by atomic mass is 32.2. The SMILES string of the molecule is COC(=O)C1CCCC1S(=O)(=O)NCC1CCC(C)C1. The Hall–Kier alpha value is -0.620. The molecule has 1 N–H and O–H groups in total. The Morgan fingerprint density at radius 1 is 1.25 bits per heavy atom. The normalized spacial score (nSPS) is 34.3. The van der Waals surface area contributed by atoms with Gasteiger partial charge < -0.3 is 4.74 Å². The molecule has 0 heterocycles. The van der Waals surface area contributed by atoms with Gasteiger partial charge >= 0.3 is 5.97 Å². The molecule has 0 aromatic rings. The van der Waals surface area contributed by atoms with Crippen LogP contribution in [-0.2, 0) is 19.6 Å². The lowest BCUT2D eigenvalue weighted by molar-refractivity contribution is -0.145. The maximum atomic E-state index is 12.4. The highest BCUT2D eigenvalue weighted by Gasteiger charge is 2.42. The van der Waals surface area contributed by atoms with Crippen LogP contribution in [0.2, 0.25) is 0 Å². The minimum absolute atomic E-state index is 0.396. The van der Waals surface area contributed by atoms with Crippen molar-refractivity contribution >= 4 is 16.0 Å². The van der Waals surface area contributed by atoms with Crippen LogP contribution in [0.3, 0.4) is 0 Å². The molecule has 2 aliphatic rings. The number of carbonyl (C=O) groups excluding carboxylic acids is 1. The zero-order valence-electron chi connectivity index (χ0n) is 12.3. The Labute approximate surface area is 121 Å². The molecule has 6 heteroatoms. The lowest BCUT2D eigenvalue weighted by Gasteiger charge is -2.20. The van der Waals surface area contributed by atoms with Gasteiger partial charge in [-0.1, -0.05) is 19.8 Å². The molecule has 2 rings (SSSR count). The number of hydrogen-bond donors (Lipinski definition) is 1. The summed E-state index contributed by atoms with van der Waals surface area (Å²) in [4.78, 5) is 11.7. The van der Waals surface area contributed by atoms with Gasteiger partial charge in [-0.25, -0.2) is 13.1 Å². The molecule has 0 radical (unpaired) electrons. The summed E-state index contributed by atoms with van der Waals surface area (Å²) in [7, 11) is -2.10. The van der Waals surface area contributed by atoms with Gasteiger partial charge in [-0.05, 0) is 37.5 Å². The molecule has 2 fully saturated rings. The predicted molar refractivity (Wildman–Crippen MR) is 76.6 cm³/mol. The van der Waals surface area contributed by atoms with Gasteiger partial charge in [-0.2, -0.15) is 0 Å². The second-order valence-electron chi connectivity index (χ2n) is 6.28. The Morgan fingerprint density at radius 2 is 2.00 bits per heavy atom. The van der Waals surface area contributed by atoms with Gasteiger partial charge in [-0.15, -0.1) is 0 Å². The first kappa shape index (κ1) is 15.8. The van der Waals surface area contributed by atoms with Crippen LogP contribution in [0, 0.1) is 17.8 Å². The number of hydrogen-bond acceptors (Lipinski definition) is 4. The molecule has 0 aliphatic heterocycles. The van der Waals surface area contributed by atoms with E-state index in [2.05, 4.69) is 11.6 Å². The van der Waals surface area contributed by atoms with Crippen molar-refractivity contribution in [3.05, 3.63) is 0 Å². The summed E-state index contributed by atoms with van der Waals surface area (Å²) in [5, 5.41) is -0.617. The number of ether oxygens (including phenoxy) is 1. The summed E-state index contributed by atoms with van der Waals surface area (Å²) in [6.07, 6.45) is 5.30. The number of methoxy groups -OCH3 is 1.